The van der Waals surface area contributed by atoms with Crippen LogP contribution in [0.3, 0.4) is 0 Å². The molecule has 1 N–H and O–H groups in total. The van der Waals surface area contributed by atoms with Crippen LogP contribution in [-0.4, -0.2) is 36.0 Å². The predicted octanol–water partition coefficient (Wildman–Crippen LogP) is 2.68. The average Bonchev–Trinajstić information content (AvgIpc) is 3.34. The van der Waals surface area contributed by atoms with Gasteiger partial charge in [0, 0.05) is 19.2 Å². The second kappa shape index (κ2) is 6.79. The molecule has 1 saturated heterocycles. The minimum Gasteiger partial charge on any atom is -0.268 e. The highest BCUT2D eigenvalue weighted by Crippen LogP contribution is 2.35. The van der Waals surface area contributed by atoms with Crippen LogP contribution in [0.25, 0.3) is 10.6 Å². The standard InChI is InChI=1S/C18H17N3O3S2/c22-17-8-6-15(19-20-17)16-7-9-18(25-16)26(23,24)21-11-10-14(12-21)13-4-2-1-3-5-13/h1-9,14H,10-12H2,(H,20,22)/t14-/m1/s1. The Morgan fingerprint density at radius 3 is 2.62 bits per heavy atom. The number of nitrogens with zero attached hydrogens (tertiary/aromatic N) is 2. The van der Waals surface area contributed by atoms with E-state index in [2.05, 4.69) is 10.2 Å². The first-order valence-electron chi connectivity index (χ1n) is 8.25. The lowest BCUT2D eigenvalue weighted by molar-refractivity contribution is 0.474. The monoisotopic (exact) mass is 387 g/mol. The van der Waals surface area contributed by atoms with Crippen molar-refractivity contribution in [3.63, 3.8) is 0 Å². The minimum atomic E-state index is -3.52. The Morgan fingerprint density at radius 2 is 1.88 bits per heavy atom. The van der Waals surface area contributed by atoms with Crippen molar-refractivity contribution >= 4 is 21.4 Å². The molecule has 0 bridgehead atoms. The molecule has 0 aliphatic carbocycles. The van der Waals surface area contributed by atoms with E-state index in [1.165, 1.54) is 23.0 Å². The molecule has 8 heteroatoms. The topological polar surface area (TPSA) is 83.1 Å². The predicted molar refractivity (Wildman–Crippen MR) is 101 cm³/mol. The maximum Gasteiger partial charge on any atom is 0.264 e. The van der Waals surface area contributed by atoms with Gasteiger partial charge in [0.2, 0.25) is 0 Å². The van der Waals surface area contributed by atoms with Gasteiger partial charge in [-0.2, -0.15) is 9.40 Å². The van der Waals surface area contributed by atoms with Gasteiger partial charge in [0.05, 0.1) is 4.88 Å². The summed E-state index contributed by atoms with van der Waals surface area (Å²) in [5.74, 6) is 0.228. The fourth-order valence-electron chi connectivity index (χ4n) is 3.15. The van der Waals surface area contributed by atoms with Crippen molar-refractivity contribution in [2.24, 2.45) is 0 Å². The van der Waals surface area contributed by atoms with Crippen molar-refractivity contribution in [2.75, 3.05) is 13.1 Å². The highest BCUT2D eigenvalue weighted by atomic mass is 32.2. The van der Waals surface area contributed by atoms with Crippen LogP contribution in [0.2, 0.25) is 0 Å². The van der Waals surface area contributed by atoms with Crippen molar-refractivity contribution in [2.45, 2.75) is 16.5 Å². The van der Waals surface area contributed by atoms with Gasteiger partial charge in [-0.1, -0.05) is 30.3 Å². The highest BCUT2D eigenvalue weighted by molar-refractivity contribution is 7.91. The molecule has 0 unspecified atom stereocenters. The first-order chi connectivity index (χ1) is 12.5. The Hall–Kier alpha value is -2.29. The van der Waals surface area contributed by atoms with Crippen LogP contribution in [0.15, 0.2) is 63.6 Å². The largest absolute Gasteiger partial charge is 0.268 e. The lowest BCUT2D eigenvalue weighted by atomic mass is 9.99. The summed E-state index contributed by atoms with van der Waals surface area (Å²) in [6.45, 7) is 1.02. The molecular weight excluding hydrogens is 370 g/mol. The van der Waals surface area contributed by atoms with E-state index in [1.54, 1.807) is 22.5 Å². The second-order valence-electron chi connectivity index (χ2n) is 6.18. The molecule has 2 aromatic heterocycles. The fraction of sp³-hybridized carbons (Fsp3) is 0.222. The van der Waals surface area contributed by atoms with Gasteiger partial charge in [-0.05, 0) is 36.1 Å². The number of aromatic nitrogens is 2. The number of nitrogens with one attached hydrogen (secondary N) is 1. The number of rotatable bonds is 4. The molecule has 1 atom stereocenters. The zero-order valence-corrected chi connectivity index (χ0v) is 15.5. The van der Waals surface area contributed by atoms with Gasteiger partial charge in [-0.25, -0.2) is 13.5 Å². The lowest BCUT2D eigenvalue weighted by Gasteiger charge is -2.15. The first kappa shape index (κ1) is 17.1. The molecule has 4 rings (SSSR count). The molecule has 0 radical (unpaired) electrons. The summed E-state index contributed by atoms with van der Waals surface area (Å²) in [6.07, 6.45) is 0.822. The molecule has 0 amide bonds. The van der Waals surface area contributed by atoms with Gasteiger partial charge in [-0.15, -0.1) is 11.3 Å². The molecule has 1 aliphatic rings. The van der Waals surface area contributed by atoms with Gasteiger partial charge in [0.15, 0.2) is 0 Å². The van der Waals surface area contributed by atoms with Gasteiger partial charge >= 0.3 is 0 Å². The lowest BCUT2D eigenvalue weighted by Crippen LogP contribution is -2.28. The van der Waals surface area contributed by atoms with E-state index in [4.69, 9.17) is 0 Å². The summed E-state index contributed by atoms with van der Waals surface area (Å²) < 4.78 is 27.8. The Kier molecular flexibility index (Phi) is 4.47. The van der Waals surface area contributed by atoms with Crippen LogP contribution in [-0.2, 0) is 10.0 Å². The molecule has 26 heavy (non-hydrogen) atoms. The van der Waals surface area contributed by atoms with Crippen molar-refractivity contribution in [1.82, 2.24) is 14.5 Å². The third-order valence-corrected chi connectivity index (χ3v) is 7.97. The van der Waals surface area contributed by atoms with Gasteiger partial charge in [-0.3, -0.25) is 4.79 Å². The summed E-state index contributed by atoms with van der Waals surface area (Å²) >= 11 is 1.17. The number of H-pyrrole nitrogens is 1. The molecule has 3 aromatic rings. The SMILES string of the molecule is O=c1ccc(-c2ccc(S(=O)(=O)N3CC[C@@H](c4ccccc4)C3)s2)n[nH]1. The van der Waals surface area contributed by atoms with Crippen LogP contribution in [0.4, 0.5) is 0 Å². The number of thiophene rings is 1. The Morgan fingerprint density at radius 1 is 1.08 bits per heavy atom. The van der Waals surface area contributed by atoms with Crippen LogP contribution in [0, 0.1) is 0 Å². The van der Waals surface area contributed by atoms with E-state index in [-0.39, 0.29) is 11.5 Å². The number of hydrogen-bond acceptors (Lipinski definition) is 5. The number of sulfonamides is 1. The molecular formula is C18H17N3O3S2. The van der Waals surface area contributed by atoms with Crippen molar-refractivity contribution in [3.05, 3.63) is 70.5 Å². The van der Waals surface area contributed by atoms with Crippen LogP contribution in [0.1, 0.15) is 17.9 Å². The zero-order valence-electron chi connectivity index (χ0n) is 13.8. The van der Waals surface area contributed by atoms with E-state index in [1.807, 2.05) is 30.3 Å². The Bertz CT molecular complexity index is 1050. The summed E-state index contributed by atoms with van der Waals surface area (Å²) in [6, 6.07) is 16.3. The van der Waals surface area contributed by atoms with E-state index < -0.39 is 10.0 Å². The highest BCUT2D eigenvalue weighted by Gasteiger charge is 2.34. The average molecular weight is 387 g/mol. The maximum absolute atomic E-state index is 13.0. The van der Waals surface area contributed by atoms with Crippen LogP contribution >= 0.6 is 11.3 Å². The third-order valence-electron chi connectivity index (χ3n) is 4.53. The maximum atomic E-state index is 13.0. The molecule has 3 heterocycles. The zero-order chi connectivity index (χ0) is 18.1. The van der Waals surface area contributed by atoms with Crippen molar-refractivity contribution < 1.29 is 8.42 Å². The Balaban J connectivity index is 1.56. The molecule has 0 spiro atoms. The van der Waals surface area contributed by atoms with E-state index in [9.17, 15) is 13.2 Å². The van der Waals surface area contributed by atoms with E-state index >= 15 is 0 Å². The van der Waals surface area contributed by atoms with Crippen LogP contribution < -0.4 is 5.56 Å². The normalized spacial score (nSPS) is 18.2. The van der Waals surface area contributed by atoms with Gasteiger partial charge in [0.1, 0.15) is 9.90 Å². The molecule has 6 nitrogen and oxygen atoms in total. The van der Waals surface area contributed by atoms with Crippen LogP contribution in [0.5, 0.6) is 0 Å². The molecule has 0 saturated carbocycles. The third kappa shape index (κ3) is 3.23. The van der Waals surface area contributed by atoms with Gasteiger partial charge in [0.25, 0.3) is 15.6 Å². The minimum absolute atomic E-state index is 0.228. The molecule has 1 fully saturated rings. The molecule has 1 aliphatic heterocycles. The van der Waals surface area contributed by atoms with E-state index in [0.29, 0.717) is 27.9 Å². The van der Waals surface area contributed by atoms with Crippen molar-refractivity contribution in [3.8, 4) is 10.6 Å². The van der Waals surface area contributed by atoms with Gasteiger partial charge < -0.3 is 0 Å². The summed E-state index contributed by atoms with van der Waals surface area (Å²) in [7, 11) is -3.52. The Labute approximate surface area is 155 Å². The summed E-state index contributed by atoms with van der Waals surface area (Å²) in [5.41, 5.74) is 1.44. The first-order valence-corrected chi connectivity index (χ1v) is 10.5. The van der Waals surface area contributed by atoms with Crippen molar-refractivity contribution in [1.29, 1.82) is 0 Å². The quantitative estimate of drug-likeness (QED) is 0.746. The molecule has 134 valence electrons. The fourth-order valence-corrected chi connectivity index (χ4v) is 6.08. The second-order valence-corrected chi connectivity index (χ2v) is 9.43. The smallest absolute Gasteiger partial charge is 0.264 e. The van der Waals surface area contributed by atoms with E-state index in [0.717, 1.165) is 6.42 Å². The number of hydrogen-bond donors (Lipinski definition) is 1. The summed E-state index contributed by atoms with van der Waals surface area (Å²) in [5, 5.41) is 6.32. The molecule has 1 aromatic carbocycles. The number of aromatic amines is 1. The number of benzene rings is 1. The summed E-state index contributed by atoms with van der Waals surface area (Å²) in [4.78, 5) is 11.8.